The summed E-state index contributed by atoms with van der Waals surface area (Å²) < 4.78 is 0. The fourth-order valence-electron chi connectivity index (χ4n) is 1.80. The molecule has 0 bridgehead atoms. The number of aromatic nitrogens is 2. The smallest absolute Gasteiger partial charge is 0.271 e. The molecule has 1 aromatic rings. The van der Waals surface area contributed by atoms with Gasteiger partial charge in [0.1, 0.15) is 5.69 Å². The second kappa shape index (κ2) is 6.88. The minimum Gasteiger partial charge on any atom is -0.388 e. The van der Waals surface area contributed by atoms with Gasteiger partial charge in [-0.2, -0.15) is 5.10 Å². The lowest BCUT2D eigenvalue weighted by molar-refractivity contribution is 0.0428. The van der Waals surface area contributed by atoms with E-state index in [0.717, 1.165) is 12.1 Å². The Morgan fingerprint density at radius 1 is 1.45 bits per heavy atom. The van der Waals surface area contributed by atoms with Gasteiger partial charge >= 0.3 is 0 Å². The number of aliphatic hydroxyl groups is 1. The van der Waals surface area contributed by atoms with E-state index in [1.165, 1.54) is 0 Å². The Balaban J connectivity index is 2.49. The third kappa shape index (κ3) is 5.33. The molecule has 0 aliphatic heterocycles. The van der Waals surface area contributed by atoms with Crippen LogP contribution < -0.4 is 5.32 Å². The molecular formula is C15H27N3O2. The number of H-pyrrole nitrogens is 1. The van der Waals surface area contributed by atoms with Crippen LogP contribution in [0.15, 0.2) is 6.07 Å². The van der Waals surface area contributed by atoms with Crippen molar-refractivity contribution >= 4 is 5.91 Å². The molecule has 1 aromatic heterocycles. The summed E-state index contributed by atoms with van der Waals surface area (Å²) in [6, 6.07) is 1.75. The lowest BCUT2D eigenvalue weighted by Crippen LogP contribution is -2.40. The highest BCUT2D eigenvalue weighted by Gasteiger charge is 2.22. The number of rotatable bonds is 7. The molecule has 0 spiro atoms. The Bertz CT molecular complexity index is 436. The van der Waals surface area contributed by atoms with Gasteiger partial charge in [-0.25, -0.2) is 0 Å². The Kier molecular flexibility index (Phi) is 5.74. The first-order valence-corrected chi connectivity index (χ1v) is 7.27. The normalized spacial score (nSPS) is 14.6. The van der Waals surface area contributed by atoms with Crippen molar-refractivity contribution in [1.82, 2.24) is 15.5 Å². The van der Waals surface area contributed by atoms with E-state index in [2.05, 4.69) is 29.4 Å². The minimum atomic E-state index is -0.878. The van der Waals surface area contributed by atoms with Gasteiger partial charge in [0.25, 0.3) is 5.91 Å². The topological polar surface area (TPSA) is 78.0 Å². The standard InChI is InChI=1S/C15H27N3O2/c1-10(2)6-7-15(5,20)9-16-14(19)13-8-12(11(3)4)17-18-13/h8,10-11,20H,6-7,9H2,1-5H3,(H,16,19)(H,17,18). The van der Waals surface area contributed by atoms with E-state index in [0.29, 0.717) is 24.0 Å². The van der Waals surface area contributed by atoms with Gasteiger partial charge in [-0.05, 0) is 37.7 Å². The van der Waals surface area contributed by atoms with E-state index in [-0.39, 0.29) is 12.5 Å². The summed E-state index contributed by atoms with van der Waals surface area (Å²) in [5.41, 5.74) is 0.423. The highest BCUT2D eigenvalue weighted by Crippen LogP contribution is 2.16. The van der Waals surface area contributed by atoms with Crippen LogP contribution in [0, 0.1) is 5.92 Å². The summed E-state index contributed by atoms with van der Waals surface area (Å²) in [6.45, 7) is 10.3. The van der Waals surface area contributed by atoms with Crippen molar-refractivity contribution in [2.75, 3.05) is 6.54 Å². The lowest BCUT2D eigenvalue weighted by atomic mass is 9.95. The van der Waals surface area contributed by atoms with Crippen molar-refractivity contribution in [2.24, 2.45) is 5.92 Å². The van der Waals surface area contributed by atoms with Gasteiger partial charge < -0.3 is 10.4 Å². The molecule has 5 heteroatoms. The number of hydrogen-bond donors (Lipinski definition) is 3. The molecule has 1 atom stereocenters. The summed E-state index contributed by atoms with van der Waals surface area (Å²) >= 11 is 0. The van der Waals surface area contributed by atoms with Gasteiger partial charge in [0.2, 0.25) is 0 Å². The van der Waals surface area contributed by atoms with E-state index < -0.39 is 5.60 Å². The monoisotopic (exact) mass is 281 g/mol. The van der Waals surface area contributed by atoms with Crippen LogP contribution in [-0.4, -0.2) is 33.4 Å². The van der Waals surface area contributed by atoms with Crippen LogP contribution in [0.3, 0.4) is 0 Å². The quantitative estimate of drug-likeness (QED) is 0.718. The number of nitrogens with zero attached hydrogens (tertiary/aromatic N) is 1. The van der Waals surface area contributed by atoms with Gasteiger partial charge in [-0.15, -0.1) is 0 Å². The number of nitrogens with one attached hydrogen (secondary N) is 2. The van der Waals surface area contributed by atoms with Gasteiger partial charge in [0.15, 0.2) is 0 Å². The van der Waals surface area contributed by atoms with Gasteiger partial charge in [-0.1, -0.05) is 27.7 Å². The van der Waals surface area contributed by atoms with Crippen molar-refractivity contribution in [1.29, 1.82) is 0 Å². The average molecular weight is 281 g/mol. The molecule has 1 amide bonds. The third-order valence-corrected chi connectivity index (χ3v) is 3.34. The van der Waals surface area contributed by atoms with Crippen LogP contribution in [0.25, 0.3) is 0 Å². The van der Waals surface area contributed by atoms with Crippen LogP contribution >= 0.6 is 0 Å². The van der Waals surface area contributed by atoms with Crippen LogP contribution in [0.5, 0.6) is 0 Å². The van der Waals surface area contributed by atoms with Crippen molar-refractivity contribution in [3.63, 3.8) is 0 Å². The van der Waals surface area contributed by atoms with E-state index in [1.807, 2.05) is 13.8 Å². The predicted molar refractivity (Wildman–Crippen MR) is 79.7 cm³/mol. The zero-order chi connectivity index (χ0) is 15.3. The van der Waals surface area contributed by atoms with Crippen molar-refractivity contribution in [2.45, 2.75) is 59.0 Å². The van der Waals surface area contributed by atoms with Gasteiger partial charge in [0.05, 0.1) is 5.60 Å². The fraction of sp³-hybridized carbons (Fsp3) is 0.733. The van der Waals surface area contributed by atoms with E-state index in [4.69, 9.17) is 0 Å². The van der Waals surface area contributed by atoms with Crippen molar-refractivity contribution in [3.05, 3.63) is 17.5 Å². The first-order valence-electron chi connectivity index (χ1n) is 7.27. The SMILES string of the molecule is CC(C)CCC(C)(O)CNC(=O)c1cc(C(C)C)[nH]n1. The first kappa shape index (κ1) is 16.7. The Morgan fingerprint density at radius 3 is 2.60 bits per heavy atom. The number of aromatic amines is 1. The van der Waals surface area contributed by atoms with Crippen LogP contribution in [0.2, 0.25) is 0 Å². The molecular weight excluding hydrogens is 254 g/mol. The molecule has 0 radical (unpaired) electrons. The summed E-state index contributed by atoms with van der Waals surface area (Å²) in [4.78, 5) is 12.0. The van der Waals surface area contributed by atoms with Crippen molar-refractivity contribution < 1.29 is 9.90 Å². The summed E-state index contributed by atoms with van der Waals surface area (Å²) in [6.07, 6.45) is 1.60. The van der Waals surface area contributed by atoms with Crippen LogP contribution in [-0.2, 0) is 0 Å². The van der Waals surface area contributed by atoms with Crippen LogP contribution in [0.1, 0.15) is 69.6 Å². The highest BCUT2D eigenvalue weighted by molar-refractivity contribution is 5.92. The van der Waals surface area contributed by atoms with Crippen molar-refractivity contribution in [3.8, 4) is 0 Å². The molecule has 20 heavy (non-hydrogen) atoms. The molecule has 114 valence electrons. The zero-order valence-corrected chi connectivity index (χ0v) is 13.2. The van der Waals surface area contributed by atoms with E-state index in [9.17, 15) is 9.90 Å². The summed E-state index contributed by atoms with van der Waals surface area (Å²) in [5, 5.41) is 19.8. The Morgan fingerprint density at radius 2 is 2.10 bits per heavy atom. The van der Waals surface area contributed by atoms with E-state index in [1.54, 1.807) is 13.0 Å². The second-order valence-corrected chi connectivity index (χ2v) is 6.48. The second-order valence-electron chi connectivity index (χ2n) is 6.48. The molecule has 1 heterocycles. The summed E-state index contributed by atoms with van der Waals surface area (Å²) in [5.74, 6) is 0.591. The fourth-order valence-corrected chi connectivity index (χ4v) is 1.80. The van der Waals surface area contributed by atoms with Gasteiger partial charge in [-0.3, -0.25) is 9.89 Å². The number of carbonyl (C=O) groups excluding carboxylic acids is 1. The zero-order valence-electron chi connectivity index (χ0n) is 13.2. The maximum atomic E-state index is 12.0. The molecule has 0 fully saturated rings. The Hall–Kier alpha value is -1.36. The number of amides is 1. The number of carbonyl (C=O) groups is 1. The molecule has 0 aromatic carbocycles. The highest BCUT2D eigenvalue weighted by atomic mass is 16.3. The molecule has 3 N–H and O–H groups in total. The van der Waals surface area contributed by atoms with E-state index >= 15 is 0 Å². The molecule has 0 aliphatic rings. The third-order valence-electron chi connectivity index (χ3n) is 3.34. The Labute approximate surface area is 121 Å². The molecule has 0 aliphatic carbocycles. The predicted octanol–water partition coefficient (Wildman–Crippen LogP) is 2.45. The first-order chi connectivity index (χ1) is 9.21. The molecule has 1 unspecified atom stereocenters. The maximum absolute atomic E-state index is 12.0. The molecule has 0 saturated heterocycles. The number of hydrogen-bond acceptors (Lipinski definition) is 3. The lowest BCUT2D eigenvalue weighted by Gasteiger charge is -2.24. The van der Waals surface area contributed by atoms with Crippen LogP contribution in [0.4, 0.5) is 0 Å². The molecule has 5 nitrogen and oxygen atoms in total. The summed E-state index contributed by atoms with van der Waals surface area (Å²) in [7, 11) is 0. The maximum Gasteiger partial charge on any atom is 0.271 e. The van der Waals surface area contributed by atoms with Gasteiger partial charge in [0, 0.05) is 12.2 Å². The minimum absolute atomic E-state index is 0.239. The largest absolute Gasteiger partial charge is 0.388 e. The average Bonchev–Trinajstić information content (AvgIpc) is 2.83. The molecule has 0 saturated carbocycles. The molecule has 1 rings (SSSR count).